The van der Waals surface area contributed by atoms with Gasteiger partial charge in [-0.2, -0.15) is 4.98 Å². The summed E-state index contributed by atoms with van der Waals surface area (Å²) in [5, 5.41) is 7.04. The minimum Gasteiger partial charge on any atom is -0.476 e. The van der Waals surface area contributed by atoms with Crippen LogP contribution >= 0.6 is 0 Å². The van der Waals surface area contributed by atoms with Gasteiger partial charge >= 0.3 is 5.97 Å². The Morgan fingerprint density at radius 2 is 1.85 bits per heavy atom. The molecular formula is C19H27N3O4. The maximum Gasteiger partial charge on any atom is 0.349 e. The minimum absolute atomic E-state index is 0.327. The molecule has 0 fully saturated rings. The van der Waals surface area contributed by atoms with Crippen molar-refractivity contribution in [1.29, 1.82) is 0 Å². The number of aryl methyl sites for hydroxylation is 3. The number of benzene rings is 1. The van der Waals surface area contributed by atoms with Crippen molar-refractivity contribution in [3.63, 3.8) is 0 Å². The monoisotopic (exact) mass is 361 g/mol. The van der Waals surface area contributed by atoms with E-state index in [1.165, 1.54) is 0 Å². The molecule has 142 valence electrons. The topological polar surface area (TPSA) is 86.5 Å². The lowest BCUT2D eigenvalue weighted by molar-refractivity contribution is -0.158. The second kappa shape index (κ2) is 8.31. The standard InChI is InChI=1S/C19H27N3O4/c1-7-24-18(23)19(5,6)25-17-12(2)8-15(9-13(17)3)10-20-11-16-21-14(4)22-26-16/h8-9,20H,7,10-11H2,1-6H3. The highest BCUT2D eigenvalue weighted by molar-refractivity contribution is 5.79. The van der Waals surface area contributed by atoms with E-state index < -0.39 is 5.60 Å². The van der Waals surface area contributed by atoms with E-state index in [9.17, 15) is 4.79 Å². The van der Waals surface area contributed by atoms with Crippen molar-refractivity contribution < 1.29 is 18.8 Å². The highest BCUT2D eigenvalue weighted by atomic mass is 16.6. The van der Waals surface area contributed by atoms with E-state index in [0.717, 1.165) is 16.7 Å². The highest BCUT2D eigenvalue weighted by Crippen LogP contribution is 2.29. The molecule has 0 saturated carbocycles. The molecule has 2 aromatic rings. The summed E-state index contributed by atoms with van der Waals surface area (Å²) in [6.07, 6.45) is 0. The fourth-order valence-electron chi connectivity index (χ4n) is 2.63. The largest absolute Gasteiger partial charge is 0.476 e. The van der Waals surface area contributed by atoms with Crippen LogP contribution in [0.15, 0.2) is 16.7 Å². The quantitative estimate of drug-likeness (QED) is 0.723. The van der Waals surface area contributed by atoms with E-state index in [0.29, 0.717) is 37.2 Å². The summed E-state index contributed by atoms with van der Waals surface area (Å²) in [7, 11) is 0. The lowest BCUT2D eigenvalue weighted by Gasteiger charge is -2.26. The molecule has 7 heteroatoms. The maximum atomic E-state index is 12.1. The molecule has 0 bridgehead atoms. The third-order valence-electron chi connectivity index (χ3n) is 3.82. The van der Waals surface area contributed by atoms with E-state index in [1.807, 2.05) is 26.0 Å². The zero-order chi connectivity index (χ0) is 19.3. The van der Waals surface area contributed by atoms with Gasteiger partial charge in [0.25, 0.3) is 0 Å². The first-order chi connectivity index (χ1) is 12.2. The molecular weight excluding hydrogens is 334 g/mol. The Balaban J connectivity index is 2.03. The number of rotatable bonds is 8. The molecule has 7 nitrogen and oxygen atoms in total. The molecule has 0 radical (unpaired) electrons. The Bertz CT molecular complexity index is 745. The van der Waals surface area contributed by atoms with E-state index in [-0.39, 0.29) is 5.97 Å². The van der Waals surface area contributed by atoms with Crippen molar-refractivity contribution in [2.45, 2.75) is 60.2 Å². The van der Waals surface area contributed by atoms with Crippen molar-refractivity contribution in [1.82, 2.24) is 15.5 Å². The number of carbonyl (C=O) groups is 1. The Morgan fingerprint density at radius 1 is 1.19 bits per heavy atom. The maximum absolute atomic E-state index is 12.1. The number of aromatic nitrogens is 2. The van der Waals surface area contributed by atoms with Gasteiger partial charge in [0, 0.05) is 6.54 Å². The minimum atomic E-state index is -1.04. The Morgan fingerprint density at radius 3 is 2.38 bits per heavy atom. The van der Waals surface area contributed by atoms with Gasteiger partial charge in [-0.1, -0.05) is 17.3 Å². The van der Waals surface area contributed by atoms with E-state index in [4.69, 9.17) is 14.0 Å². The molecule has 0 atom stereocenters. The van der Waals surface area contributed by atoms with Gasteiger partial charge in [0.2, 0.25) is 5.89 Å². The molecule has 0 aliphatic rings. The van der Waals surface area contributed by atoms with Gasteiger partial charge in [-0.3, -0.25) is 0 Å². The number of carbonyl (C=O) groups excluding carboxylic acids is 1. The summed E-state index contributed by atoms with van der Waals surface area (Å²) in [5.74, 6) is 1.52. The summed E-state index contributed by atoms with van der Waals surface area (Å²) in [6.45, 7) is 12.4. The summed E-state index contributed by atoms with van der Waals surface area (Å²) >= 11 is 0. The molecule has 0 saturated heterocycles. The molecule has 1 aromatic carbocycles. The van der Waals surface area contributed by atoms with Crippen LogP contribution in [-0.2, 0) is 22.6 Å². The number of hydrogen-bond donors (Lipinski definition) is 1. The third-order valence-corrected chi connectivity index (χ3v) is 3.82. The molecule has 0 aliphatic carbocycles. The van der Waals surface area contributed by atoms with Crippen LogP contribution in [-0.4, -0.2) is 28.3 Å². The van der Waals surface area contributed by atoms with Gasteiger partial charge in [-0.15, -0.1) is 0 Å². The van der Waals surface area contributed by atoms with Crippen LogP contribution in [0.1, 0.15) is 49.2 Å². The summed E-state index contributed by atoms with van der Waals surface area (Å²) in [5.41, 5.74) is 2.00. The Hall–Kier alpha value is -2.41. The van der Waals surface area contributed by atoms with Crippen LogP contribution in [0.4, 0.5) is 0 Å². The van der Waals surface area contributed by atoms with Gasteiger partial charge in [0.05, 0.1) is 13.2 Å². The van der Waals surface area contributed by atoms with Crippen LogP contribution in [0, 0.1) is 20.8 Å². The zero-order valence-electron chi connectivity index (χ0n) is 16.3. The molecule has 0 spiro atoms. The molecule has 0 unspecified atom stereocenters. The highest BCUT2D eigenvalue weighted by Gasteiger charge is 2.32. The smallest absolute Gasteiger partial charge is 0.349 e. The van der Waals surface area contributed by atoms with Crippen LogP contribution < -0.4 is 10.1 Å². The number of hydrogen-bond acceptors (Lipinski definition) is 7. The van der Waals surface area contributed by atoms with Crippen LogP contribution in [0.5, 0.6) is 5.75 Å². The fourth-order valence-corrected chi connectivity index (χ4v) is 2.63. The molecule has 2 rings (SSSR count). The summed E-state index contributed by atoms with van der Waals surface area (Å²) in [6, 6.07) is 4.07. The average molecular weight is 361 g/mol. The predicted molar refractivity (Wildman–Crippen MR) is 96.8 cm³/mol. The van der Waals surface area contributed by atoms with E-state index >= 15 is 0 Å². The van der Waals surface area contributed by atoms with Crippen molar-refractivity contribution in [2.75, 3.05) is 6.61 Å². The van der Waals surface area contributed by atoms with Gasteiger partial charge in [0.15, 0.2) is 11.4 Å². The molecule has 1 aromatic heterocycles. The van der Waals surface area contributed by atoms with E-state index in [2.05, 4.69) is 15.5 Å². The molecule has 26 heavy (non-hydrogen) atoms. The Kier molecular flexibility index (Phi) is 6.37. The SMILES string of the molecule is CCOC(=O)C(C)(C)Oc1c(C)cc(CNCc2nc(C)no2)cc1C. The van der Waals surface area contributed by atoms with Crippen molar-refractivity contribution >= 4 is 5.97 Å². The average Bonchev–Trinajstić information content (AvgIpc) is 2.96. The number of esters is 1. The number of ether oxygens (including phenoxy) is 2. The number of nitrogens with one attached hydrogen (secondary N) is 1. The first-order valence-electron chi connectivity index (χ1n) is 8.69. The first-order valence-corrected chi connectivity index (χ1v) is 8.69. The van der Waals surface area contributed by atoms with Gasteiger partial charge < -0.3 is 19.3 Å². The van der Waals surface area contributed by atoms with Crippen molar-refractivity contribution in [2.24, 2.45) is 0 Å². The predicted octanol–water partition coefficient (Wildman–Crippen LogP) is 3.01. The third kappa shape index (κ3) is 5.05. The van der Waals surface area contributed by atoms with Gasteiger partial charge in [-0.05, 0) is 58.2 Å². The molecule has 1 N–H and O–H groups in total. The van der Waals surface area contributed by atoms with Crippen LogP contribution in [0.25, 0.3) is 0 Å². The summed E-state index contributed by atoms with van der Waals surface area (Å²) in [4.78, 5) is 16.2. The number of nitrogens with zero attached hydrogens (tertiary/aromatic N) is 2. The second-order valence-electron chi connectivity index (χ2n) is 6.73. The van der Waals surface area contributed by atoms with E-state index in [1.54, 1.807) is 27.7 Å². The van der Waals surface area contributed by atoms with Crippen molar-refractivity contribution in [3.8, 4) is 5.75 Å². The normalized spacial score (nSPS) is 11.5. The second-order valence-corrected chi connectivity index (χ2v) is 6.73. The molecule has 1 heterocycles. The lowest BCUT2D eigenvalue weighted by atomic mass is 10.0. The zero-order valence-corrected chi connectivity index (χ0v) is 16.3. The molecule has 0 aliphatic heterocycles. The van der Waals surface area contributed by atoms with Gasteiger partial charge in [-0.25, -0.2) is 4.79 Å². The van der Waals surface area contributed by atoms with Crippen LogP contribution in [0.3, 0.4) is 0 Å². The van der Waals surface area contributed by atoms with Crippen LogP contribution in [0.2, 0.25) is 0 Å². The van der Waals surface area contributed by atoms with Gasteiger partial charge in [0.1, 0.15) is 5.75 Å². The fraction of sp³-hybridized carbons (Fsp3) is 0.526. The Labute approximate surface area is 154 Å². The lowest BCUT2D eigenvalue weighted by Crippen LogP contribution is -2.40. The van der Waals surface area contributed by atoms with Crippen molar-refractivity contribution in [3.05, 3.63) is 40.5 Å². The molecule has 0 amide bonds. The summed E-state index contributed by atoms with van der Waals surface area (Å²) < 4.78 is 16.1. The first kappa shape index (κ1) is 19.9.